The number of ether oxygens (including phenoxy) is 1. The summed E-state index contributed by atoms with van der Waals surface area (Å²) in [5, 5.41) is 0. The minimum atomic E-state index is -5.38. The Bertz CT molecular complexity index is 1030. The summed E-state index contributed by atoms with van der Waals surface area (Å²) < 4.78 is 79.1. The van der Waals surface area contributed by atoms with Crippen LogP contribution in [0.5, 0.6) is 5.75 Å². The maximum absolute atomic E-state index is 12.9. The van der Waals surface area contributed by atoms with Gasteiger partial charge in [-0.2, -0.15) is 13.2 Å². The highest BCUT2D eigenvalue weighted by atomic mass is 32.2. The third-order valence-corrected chi connectivity index (χ3v) is 6.88. The van der Waals surface area contributed by atoms with Crippen molar-refractivity contribution >= 4 is 15.7 Å². The van der Waals surface area contributed by atoms with E-state index in [-0.39, 0.29) is 18.1 Å². The van der Waals surface area contributed by atoms with Crippen LogP contribution >= 0.6 is 0 Å². The van der Waals surface area contributed by atoms with Crippen LogP contribution in [0.3, 0.4) is 0 Å². The van der Waals surface area contributed by atoms with Crippen LogP contribution in [0, 0.1) is 5.82 Å². The summed E-state index contributed by atoms with van der Waals surface area (Å²) in [4.78, 5) is 15.6. The van der Waals surface area contributed by atoms with Gasteiger partial charge >= 0.3 is 5.51 Å². The molecule has 1 aliphatic heterocycles. The summed E-state index contributed by atoms with van der Waals surface area (Å²) >= 11 is 0. The van der Waals surface area contributed by atoms with Crippen LogP contribution in [0.1, 0.15) is 12.0 Å². The predicted molar refractivity (Wildman–Crippen MR) is 113 cm³/mol. The molecule has 1 aliphatic rings. The highest BCUT2D eigenvalue weighted by Gasteiger charge is 2.46. The zero-order valence-corrected chi connectivity index (χ0v) is 18.5. The molecule has 11 heteroatoms. The zero-order valence-electron chi connectivity index (χ0n) is 17.7. The first-order valence-corrected chi connectivity index (χ1v) is 11.8. The molecule has 2 aromatic rings. The van der Waals surface area contributed by atoms with E-state index in [4.69, 9.17) is 4.74 Å². The molecule has 6 nitrogen and oxygen atoms in total. The van der Waals surface area contributed by atoms with Gasteiger partial charge in [0.15, 0.2) is 0 Å². The standard InChI is InChI=1S/C22H24F4N2O4S/c23-18-4-6-19(7-5-18)32-16-15-27-11-13-28(14-12-27)21(29)10-3-17-1-8-20(9-2-17)33(30,31)22(24,25)26/h1-2,4-9H,3,10-16H2. The number of rotatable bonds is 8. The second-order valence-corrected chi connectivity index (χ2v) is 9.56. The summed E-state index contributed by atoms with van der Waals surface area (Å²) in [6, 6.07) is 10.2. The van der Waals surface area contributed by atoms with Gasteiger partial charge in [-0.1, -0.05) is 12.1 Å². The van der Waals surface area contributed by atoms with Crippen molar-refractivity contribution in [2.75, 3.05) is 39.3 Å². The lowest BCUT2D eigenvalue weighted by Gasteiger charge is -2.34. The van der Waals surface area contributed by atoms with Crippen molar-refractivity contribution in [1.82, 2.24) is 9.80 Å². The number of hydrogen-bond donors (Lipinski definition) is 0. The number of aryl methyl sites for hydroxylation is 1. The van der Waals surface area contributed by atoms with Crippen molar-refractivity contribution in [1.29, 1.82) is 0 Å². The minimum absolute atomic E-state index is 0.0656. The molecule has 180 valence electrons. The Morgan fingerprint density at radius 3 is 2.12 bits per heavy atom. The maximum Gasteiger partial charge on any atom is 0.501 e. The summed E-state index contributed by atoms with van der Waals surface area (Å²) in [6.07, 6.45) is 0.482. The average molecular weight is 489 g/mol. The van der Waals surface area contributed by atoms with Gasteiger partial charge in [0.25, 0.3) is 9.84 Å². The fourth-order valence-electron chi connectivity index (χ4n) is 3.42. The Balaban J connectivity index is 1.39. The molecule has 0 saturated carbocycles. The summed E-state index contributed by atoms with van der Waals surface area (Å²) in [5.74, 6) is 0.202. The smallest absolute Gasteiger partial charge is 0.492 e. The average Bonchev–Trinajstić information content (AvgIpc) is 2.79. The highest BCUT2D eigenvalue weighted by Crippen LogP contribution is 2.30. The number of amides is 1. The van der Waals surface area contributed by atoms with Crippen LogP contribution in [-0.4, -0.2) is 69.0 Å². The van der Waals surface area contributed by atoms with E-state index in [9.17, 15) is 30.8 Å². The molecule has 33 heavy (non-hydrogen) atoms. The number of carbonyl (C=O) groups excluding carboxylic acids is 1. The second kappa shape index (κ2) is 10.5. The minimum Gasteiger partial charge on any atom is -0.492 e. The molecule has 0 spiro atoms. The monoisotopic (exact) mass is 488 g/mol. The summed E-state index contributed by atoms with van der Waals surface area (Å²) in [7, 11) is -5.38. The fraction of sp³-hybridized carbons (Fsp3) is 0.409. The Morgan fingerprint density at radius 2 is 1.55 bits per heavy atom. The number of halogens is 4. The topological polar surface area (TPSA) is 66.9 Å². The number of nitrogens with zero attached hydrogens (tertiary/aromatic N) is 2. The summed E-state index contributed by atoms with van der Waals surface area (Å²) in [6.45, 7) is 3.59. The molecule has 3 rings (SSSR count). The van der Waals surface area contributed by atoms with E-state index in [1.165, 1.54) is 24.3 Å². The first-order valence-electron chi connectivity index (χ1n) is 10.3. The van der Waals surface area contributed by atoms with Gasteiger partial charge in [-0.25, -0.2) is 12.8 Å². The van der Waals surface area contributed by atoms with Gasteiger partial charge in [0, 0.05) is 39.1 Å². The first-order chi connectivity index (χ1) is 15.6. The Labute approximate surface area is 189 Å². The van der Waals surface area contributed by atoms with E-state index in [1.54, 1.807) is 17.0 Å². The van der Waals surface area contributed by atoms with E-state index in [2.05, 4.69) is 4.90 Å². The van der Waals surface area contributed by atoms with Gasteiger partial charge in [-0.05, 0) is 48.4 Å². The molecule has 0 N–H and O–H groups in total. The van der Waals surface area contributed by atoms with Crippen molar-refractivity contribution in [3.05, 3.63) is 59.9 Å². The van der Waals surface area contributed by atoms with Crippen LogP contribution in [0.4, 0.5) is 17.6 Å². The molecule has 1 fully saturated rings. The molecule has 0 radical (unpaired) electrons. The van der Waals surface area contributed by atoms with Crippen LogP contribution in [0.2, 0.25) is 0 Å². The normalized spacial score (nSPS) is 15.5. The van der Waals surface area contributed by atoms with Gasteiger partial charge in [0.05, 0.1) is 4.90 Å². The van der Waals surface area contributed by atoms with E-state index in [1.807, 2.05) is 0 Å². The maximum atomic E-state index is 12.9. The Hall–Kier alpha value is -2.66. The van der Waals surface area contributed by atoms with Crippen LogP contribution in [-0.2, 0) is 21.1 Å². The molecule has 0 aromatic heterocycles. The number of carbonyl (C=O) groups is 1. The van der Waals surface area contributed by atoms with Crippen molar-refractivity contribution in [3.63, 3.8) is 0 Å². The number of hydrogen-bond acceptors (Lipinski definition) is 5. The Morgan fingerprint density at radius 1 is 0.939 bits per heavy atom. The van der Waals surface area contributed by atoms with Gasteiger partial charge in [-0.15, -0.1) is 0 Å². The molecular weight excluding hydrogens is 464 g/mol. The van der Waals surface area contributed by atoms with Crippen molar-refractivity contribution < 1.29 is 35.5 Å². The predicted octanol–water partition coefficient (Wildman–Crippen LogP) is 3.28. The van der Waals surface area contributed by atoms with E-state index in [0.29, 0.717) is 57.1 Å². The third kappa shape index (κ3) is 6.67. The molecule has 0 aliphatic carbocycles. The molecule has 2 aromatic carbocycles. The number of benzene rings is 2. The molecule has 1 saturated heterocycles. The van der Waals surface area contributed by atoms with E-state index in [0.717, 1.165) is 12.1 Å². The lowest BCUT2D eigenvalue weighted by Crippen LogP contribution is -2.49. The van der Waals surface area contributed by atoms with Crippen molar-refractivity contribution in [3.8, 4) is 5.75 Å². The number of sulfone groups is 1. The molecule has 0 unspecified atom stereocenters. The SMILES string of the molecule is O=C(CCc1ccc(S(=O)(=O)C(F)(F)F)cc1)N1CCN(CCOc2ccc(F)cc2)CC1. The van der Waals surface area contributed by atoms with Gasteiger partial charge in [-0.3, -0.25) is 9.69 Å². The van der Waals surface area contributed by atoms with Crippen molar-refractivity contribution in [2.24, 2.45) is 0 Å². The lowest BCUT2D eigenvalue weighted by atomic mass is 10.1. The molecule has 0 bridgehead atoms. The van der Waals surface area contributed by atoms with E-state index < -0.39 is 20.2 Å². The third-order valence-electron chi connectivity index (χ3n) is 5.38. The number of piperazine rings is 1. The lowest BCUT2D eigenvalue weighted by molar-refractivity contribution is -0.132. The van der Waals surface area contributed by atoms with Gasteiger partial charge in [0.1, 0.15) is 18.2 Å². The highest BCUT2D eigenvalue weighted by molar-refractivity contribution is 7.92. The van der Waals surface area contributed by atoms with Crippen LogP contribution in [0.25, 0.3) is 0 Å². The molecule has 1 heterocycles. The zero-order chi connectivity index (χ0) is 24.1. The Kier molecular flexibility index (Phi) is 7.96. The molecular formula is C22H24F4N2O4S. The molecule has 1 amide bonds. The quantitative estimate of drug-likeness (QED) is 0.534. The van der Waals surface area contributed by atoms with Gasteiger partial charge in [0.2, 0.25) is 5.91 Å². The van der Waals surface area contributed by atoms with E-state index >= 15 is 0 Å². The fourth-order valence-corrected chi connectivity index (χ4v) is 4.18. The first kappa shape index (κ1) is 25.0. The second-order valence-electron chi connectivity index (χ2n) is 7.62. The van der Waals surface area contributed by atoms with Crippen LogP contribution in [0.15, 0.2) is 53.4 Å². The number of alkyl halides is 3. The molecule has 0 atom stereocenters. The van der Waals surface area contributed by atoms with Crippen molar-refractivity contribution in [2.45, 2.75) is 23.2 Å². The largest absolute Gasteiger partial charge is 0.501 e. The van der Waals surface area contributed by atoms with Gasteiger partial charge < -0.3 is 9.64 Å². The summed E-state index contributed by atoms with van der Waals surface area (Å²) in [5.41, 5.74) is -4.76. The van der Waals surface area contributed by atoms with Crippen LogP contribution < -0.4 is 4.74 Å².